The number of piperidine rings is 1. The average molecular weight is 306 g/mol. The lowest BCUT2D eigenvalue weighted by Gasteiger charge is -2.31. The molecule has 4 heteroatoms. The molecule has 1 aliphatic rings. The maximum atomic E-state index is 5.82. The number of benzene rings is 1. The highest BCUT2D eigenvalue weighted by Crippen LogP contribution is 2.18. The van der Waals surface area contributed by atoms with Crippen LogP contribution in [-0.4, -0.2) is 50.8 Å². The van der Waals surface area contributed by atoms with Crippen LogP contribution in [0.15, 0.2) is 24.3 Å². The largest absolute Gasteiger partial charge is 0.494 e. The number of nitrogens with zero attached hydrogens (tertiary/aromatic N) is 1. The van der Waals surface area contributed by atoms with E-state index in [4.69, 9.17) is 9.47 Å². The summed E-state index contributed by atoms with van der Waals surface area (Å²) in [6.45, 7) is 11.3. The van der Waals surface area contributed by atoms with Crippen LogP contribution in [0.3, 0.4) is 0 Å². The third-order valence-electron chi connectivity index (χ3n) is 4.20. The second-order valence-corrected chi connectivity index (χ2v) is 5.85. The van der Waals surface area contributed by atoms with Crippen molar-refractivity contribution in [3.8, 4) is 11.5 Å². The molecule has 1 saturated heterocycles. The van der Waals surface area contributed by atoms with Crippen molar-refractivity contribution in [2.24, 2.45) is 5.92 Å². The predicted octanol–water partition coefficient (Wildman–Crippen LogP) is 2.79. The summed E-state index contributed by atoms with van der Waals surface area (Å²) >= 11 is 0. The van der Waals surface area contributed by atoms with Gasteiger partial charge in [-0.3, -0.25) is 4.90 Å². The van der Waals surface area contributed by atoms with E-state index in [2.05, 4.69) is 17.1 Å². The molecule has 1 fully saturated rings. The highest BCUT2D eigenvalue weighted by atomic mass is 16.5. The van der Waals surface area contributed by atoms with Crippen LogP contribution >= 0.6 is 0 Å². The van der Waals surface area contributed by atoms with E-state index in [0.717, 1.165) is 37.1 Å². The van der Waals surface area contributed by atoms with Gasteiger partial charge in [0, 0.05) is 6.54 Å². The summed E-state index contributed by atoms with van der Waals surface area (Å²) in [6, 6.07) is 7.89. The van der Waals surface area contributed by atoms with Crippen LogP contribution in [0.1, 0.15) is 26.7 Å². The minimum absolute atomic E-state index is 0.698. The molecule has 0 bridgehead atoms. The third-order valence-corrected chi connectivity index (χ3v) is 4.20. The van der Waals surface area contributed by atoms with E-state index in [1.807, 2.05) is 31.2 Å². The van der Waals surface area contributed by atoms with Crippen molar-refractivity contribution in [1.29, 1.82) is 0 Å². The summed E-state index contributed by atoms with van der Waals surface area (Å²) in [6.07, 6.45) is 2.60. The predicted molar refractivity (Wildman–Crippen MR) is 90.8 cm³/mol. The molecule has 0 unspecified atom stereocenters. The number of hydrogen-bond acceptors (Lipinski definition) is 4. The standard InChI is InChI=1S/C18H30N2O2/c1-3-19-15-16-9-11-20(12-10-16)13-14-22-18-7-5-17(6-8-18)21-4-2/h5-8,16,19H,3-4,9-15H2,1-2H3. The number of ether oxygens (including phenoxy) is 2. The zero-order valence-corrected chi connectivity index (χ0v) is 14.0. The van der Waals surface area contributed by atoms with Gasteiger partial charge in [0.15, 0.2) is 0 Å². The summed E-state index contributed by atoms with van der Waals surface area (Å²) in [7, 11) is 0. The Morgan fingerprint density at radius 2 is 1.68 bits per heavy atom. The van der Waals surface area contributed by atoms with Crippen LogP contribution in [0.4, 0.5) is 0 Å². The van der Waals surface area contributed by atoms with Gasteiger partial charge in [0.2, 0.25) is 0 Å². The van der Waals surface area contributed by atoms with Crippen LogP contribution in [0.25, 0.3) is 0 Å². The van der Waals surface area contributed by atoms with Crippen molar-refractivity contribution < 1.29 is 9.47 Å². The molecular formula is C18H30N2O2. The minimum Gasteiger partial charge on any atom is -0.494 e. The highest BCUT2D eigenvalue weighted by Gasteiger charge is 2.18. The van der Waals surface area contributed by atoms with Crippen LogP contribution in [0.5, 0.6) is 11.5 Å². The molecule has 0 saturated carbocycles. The first-order valence-electron chi connectivity index (χ1n) is 8.60. The van der Waals surface area contributed by atoms with Gasteiger partial charge in [0.1, 0.15) is 18.1 Å². The van der Waals surface area contributed by atoms with Crippen LogP contribution in [0.2, 0.25) is 0 Å². The summed E-state index contributed by atoms with van der Waals surface area (Å²) in [5, 5.41) is 3.46. The van der Waals surface area contributed by atoms with Gasteiger partial charge in [0.25, 0.3) is 0 Å². The first kappa shape index (κ1) is 17.1. The van der Waals surface area contributed by atoms with Crippen molar-refractivity contribution in [3.63, 3.8) is 0 Å². The van der Waals surface area contributed by atoms with Gasteiger partial charge >= 0.3 is 0 Å². The molecule has 2 rings (SSSR count). The fraction of sp³-hybridized carbons (Fsp3) is 0.667. The Kier molecular flexibility index (Phi) is 7.54. The zero-order valence-electron chi connectivity index (χ0n) is 14.0. The molecule has 0 amide bonds. The Morgan fingerprint density at radius 1 is 1.05 bits per heavy atom. The molecule has 4 nitrogen and oxygen atoms in total. The molecule has 1 aromatic carbocycles. The normalized spacial score (nSPS) is 16.6. The summed E-state index contributed by atoms with van der Waals surface area (Å²) in [5.74, 6) is 2.67. The zero-order chi connectivity index (χ0) is 15.6. The quantitative estimate of drug-likeness (QED) is 0.760. The van der Waals surface area contributed by atoms with Gasteiger partial charge in [-0.05, 0) is 76.1 Å². The number of hydrogen-bond donors (Lipinski definition) is 1. The molecule has 0 aliphatic carbocycles. The maximum absolute atomic E-state index is 5.82. The van der Waals surface area contributed by atoms with Crippen LogP contribution in [-0.2, 0) is 0 Å². The van der Waals surface area contributed by atoms with Crippen LogP contribution < -0.4 is 14.8 Å². The van der Waals surface area contributed by atoms with E-state index in [9.17, 15) is 0 Å². The molecule has 1 aromatic rings. The van der Waals surface area contributed by atoms with Crippen LogP contribution in [0, 0.1) is 5.92 Å². The molecule has 0 atom stereocenters. The lowest BCUT2D eigenvalue weighted by molar-refractivity contribution is 0.154. The molecular weight excluding hydrogens is 276 g/mol. The van der Waals surface area contributed by atoms with E-state index in [1.165, 1.54) is 32.5 Å². The fourth-order valence-electron chi connectivity index (χ4n) is 2.85. The second-order valence-electron chi connectivity index (χ2n) is 5.85. The monoisotopic (exact) mass is 306 g/mol. The van der Waals surface area contributed by atoms with E-state index >= 15 is 0 Å². The summed E-state index contributed by atoms with van der Waals surface area (Å²) < 4.78 is 11.3. The lowest BCUT2D eigenvalue weighted by atomic mass is 9.97. The van der Waals surface area contributed by atoms with Gasteiger partial charge < -0.3 is 14.8 Å². The maximum Gasteiger partial charge on any atom is 0.119 e. The van der Waals surface area contributed by atoms with Crippen molar-refractivity contribution in [2.45, 2.75) is 26.7 Å². The topological polar surface area (TPSA) is 33.7 Å². The summed E-state index contributed by atoms with van der Waals surface area (Å²) in [5.41, 5.74) is 0. The minimum atomic E-state index is 0.698. The Hall–Kier alpha value is -1.26. The highest BCUT2D eigenvalue weighted by molar-refractivity contribution is 5.31. The SMILES string of the molecule is CCNCC1CCN(CCOc2ccc(OCC)cc2)CC1. The van der Waals surface area contributed by atoms with Gasteiger partial charge in [0.05, 0.1) is 6.61 Å². The van der Waals surface area contributed by atoms with Crippen molar-refractivity contribution in [1.82, 2.24) is 10.2 Å². The van der Waals surface area contributed by atoms with E-state index in [0.29, 0.717) is 6.61 Å². The molecule has 22 heavy (non-hydrogen) atoms. The molecule has 1 N–H and O–H groups in total. The summed E-state index contributed by atoms with van der Waals surface area (Å²) in [4.78, 5) is 2.51. The molecule has 0 spiro atoms. The average Bonchev–Trinajstić information content (AvgIpc) is 2.56. The molecule has 1 heterocycles. The Bertz CT molecular complexity index is 400. The van der Waals surface area contributed by atoms with Gasteiger partial charge in [-0.1, -0.05) is 6.92 Å². The number of rotatable bonds is 9. The first-order chi connectivity index (χ1) is 10.8. The molecule has 1 aliphatic heterocycles. The van der Waals surface area contributed by atoms with Gasteiger partial charge in [-0.2, -0.15) is 0 Å². The Balaban J connectivity index is 1.61. The molecule has 0 radical (unpaired) electrons. The van der Waals surface area contributed by atoms with Gasteiger partial charge in [-0.25, -0.2) is 0 Å². The second kappa shape index (κ2) is 9.70. The fourth-order valence-corrected chi connectivity index (χ4v) is 2.85. The third kappa shape index (κ3) is 5.85. The van der Waals surface area contributed by atoms with E-state index in [-0.39, 0.29) is 0 Å². The number of nitrogens with one attached hydrogen (secondary N) is 1. The molecule has 0 aromatic heterocycles. The van der Waals surface area contributed by atoms with Gasteiger partial charge in [-0.15, -0.1) is 0 Å². The van der Waals surface area contributed by atoms with E-state index in [1.54, 1.807) is 0 Å². The number of likely N-dealkylation sites (tertiary alicyclic amines) is 1. The first-order valence-corrected chi connectivity index (χ1v) is 8.60. The van der Waals surface area contributed by atoms with Crippen molar-refractivity contribution >= 4 is 0 Å². The smallest absolute Gasteiger partial charge is 0.119 e. The Labute approximate surface area is 134 Å². The lowest BCUT2D eigenvalue weighted by Crippen LogP contribution is -2.39. The Morgan fingerprint density at radius 3 is 2.27 bits per heavy atom. The van der Waals surface area contributed by atoms with Crippen molar-refractivity contribution in [2.75, 3.05) is 45.9 Å². The van der Waals surface area contributed by atoms with E-state index < -0.39 is 0 Å². The van der Waals surface area contributed by atoms with Crippen molar-refractivity contribution in [3.05, 3.63) is 24.3 Å². The molecule has 124 valence electrons.